The van der Waals surface area contributed by atoms with E-state index in [1.165, 1.54) is 0 Å². The Kier molecular flexibility index (Phi) is 5.16. The molecular weight excluding hydrogens is 324 g/mol. The van der Waals surface area contributed by atoms with Crippen LogP contribution in [0, 0.1) is 5.41 Å². The van der Waals surface area contributed by atoms with Gasteiger partial charge in [0.25, 0.3) is 5.91 Å². The molecule has 1 atom stereocenters. The monoisotopic (exact) mass is 342 g/mol. The highest BCUT2D eigenvalue weighted by Crippen LogP contribution is 2.30. The number of amides is 1. The molecule has 0 fully saturated rings. The first-order chi connectivity index (χ1) is 9.12. The van der Waals surface area contributed by atoms with Gasteiger partial charge in [-0.25, -0.2) is 0 Å². The Morgan fingerprint density at radius 1 is 1.40 bits per heavy atom. The number of anilines is 1. The summed E-state index contributed by atoms with van der Waals surface area (Å²) in [7, 11) is 0. The summed E-state index contributed by atoms with van der Waals surface area (Å²) in [6.07, 6.45) is -0.0474. The van der Waals surface area contributed by atoms with Gasteiger partial charge in [-0.3, -0.25) is 9.59 Å². The third-order valence-corrected chi connectivity index (χ3v) is 3.67. The smallest absolute Gasteiger partial charge is 0.305 e. The van der Waals surface area contributed by atoms with Crippen molar-refractivity contribution in [3.63, 3.8) is 0 Å². The van der Waals surface area contributed by atoms with Crippen LogP contribution in [0.2, 0.25) is 0 Å². The fourth-order valence-corrected chi connectivity index (χ4v) is 2.39. The molecule has 1 amide bonds. The predicted octanol–water partition coefficient (Wildman–Crippen LogP) is 2.85. The fraction of sp³-hybridized carbons (Fsp3) is 0.429. The molecule has 0 aromatic heterocycles. The maximum absolute atomic E-state index is 11.5. The van der Waals surface area contributed by atoms with Crippen LogP contribution in [0.5, 0.6) is 0 Å². The molecule has 0 heterocycles. The minimum absolute atomic E-state index is 0.0474. The summed E-state index contributed by atoms with van der Waals surface area (Å²) in [6.45, 7) is 5.82. The fourth-order valence-electron chi connectivity index (χ4n) is 1.83. The van der Waals surface area contributed by atoms with Crippen LogP contribution >= 0.6 is 15.9 Å². The van der Waals surface area contributed by atoms with E-state index in [2.05, 4.69) is 21.2 Å². The second-order valence-electron chi connectivity index (χ2n) is 5.69. The number of benzene rings is 1. The summed E-state index contributed by atoms with van der Waals surface area (Å²) in [5, 5.41) is 12.1. The largest absolute Gasteiger partial charge is 0.481 e. The lowest BCUT2D eigenvalue weighted by molar-refractivity contribution is -0.137. The zero-order valence-electron chi connectivity index (χ0n) is 11.7. The van der Waals surface area contributed by atoms with Crippen LogP contribution in [0.1, 0.15) is 37.6 Å². The molecular formula is C14H19BrN2O3. The van der Waals surface area contributed by atoms with E-state index in [4.69, 9.17) is 10.8 Å². The third-order valence-electron chi connectivity index (χ3n) is 3.01. The number of hydrogen-bond acceptors (Lipinski definition) is 3. The lowest BCUT2D eigenvalue weighted by Gasteiger charge is -2.32. The Balaban J connectivity index is 3.15. The van der Waals surface area contributed by atoms with Gasteiger partial charge < -0.3 is 16.2 Å². The van der Waals surface area contributed by atoms with Crippen molar-refractivity contribution in [1.82, 2.24) is 0 Å². The molecule has 0 bridgehead atoms. The molecule has 110 valence electrons. The molecule has 0 saturated carbocycles. The number of hydrogen-bond donors (Lipinski definition) is 3. The van der Waals surface area contributed by atoms with E-state index < -0.39 is 11.9 Å². The Hall–Kier alpha value is -1.56. The van der Waals surface area contributed by atoms with Gasteiger partial charge in [0.15, 0.2) is 0 Å². The highest BCUT2D eigenvalue weighted by atomic mass is 79.9. The van der Waals surface area contributed by atoms with Crippen molar-refractivity contribution < 1.29 is 14.7 Å². The number of nitrogens with one attached hydrogen (secondary N) is 1. The summed E-state index contributed by atoms with van der Waals surface area (Å²) < 4.78 is 0.581. The highest BCUT2D eigenvalue weighted by molar-refractivity contribution is 9.10. The van der Waals surface area contributed by atoms with Crippen molar-refractivity contribution in [3.05, 3.63) is 28.2 Å². The maximum Gasteiger partial charge on any atom is 0.305 e. The molecule has 0 radical (unpaired) electrons. The van der Waals surface area contributed by atoms with Crippen molar-refractivity contribution in [2.45, 2.75) is 33.2 Å². The van der Waals surface area contributed by atoms with Crippen molar-refractivity contribution >= 4 is 33.5 Å². The van der Waals surface area contributed by atoms with E-state index in [9.17, 15) is 9.59 Å². The van der Waals surface area contributed by atoms with Crippen LogP contribution in [0.3, 0.4) is 0 Å². The standard InChI is InChI=1S/C14H19BrN2O3/c1-14(2,3)10(7-11(18)19)17-9-6-4-5-8(15)12(9)13(16)20/h4-6,10,17H,7H2,1-3H3,(H2,16,20)(H,18,19). The van der Waals surface area contributed by atoms with E-state index in [1.807, 2.05) is 20.8 Å². The molecule has 0 spiro atoms. The van der Waals surface area contributed by atoms with Gasteiger partial charge in [-0.1, -0.05) is 26.8 Å². The molecule has 20 heavy (non-hydrogen) atoms. The number of nitrogens with two attached hydrogens (primary N) is 1. The number of carbonyl (C=O) groups excluding carboxylic acids is 1. The number of carbonyl (C=O) groups is 2. The van der Waals surface area contributed by atoms with Gasteiger partial charge in [0.2, 0.25) is 0 Å². The van der Waals surface area contributed by atoms with Crippen molar-refractivity contribution in [2.75, 3.05) is 5.32 Å². The van der Waals surface area contributed by atoms with Crippen molar-refractivity contribution in [2.24, 2.45) is 11.1 Å². The van der Waals surface area contributed by atoms with Crippen molar-refractivity contribution in [1.29, 1.82) is 0 Å². The average molecular weight is 343 g/mol. The van der Waals surface area contributed by atoms with Gasteiger partial charge in [-0.2, -0.15) is 0 Å². The van der Waals surface area contributed by atoms with Crippen LogP contribution < -0.4 is 11.1 Å². The number of halogens is 1. The van der Waals surface area contributed by atoms with Crippen LogP contribution in [-0.2, 0) is 4.79 Å². The van der Waals surface area contributed by atoms with E-state index in [0.717, 1.165) is 0 Å². The molecule has 0 saturated heterocycles. The lowest BCUT2D eigenvalue weighted by atomic mass is 9.84. The van der Waals surface area contributed by atoms with E-state index in [1.54, 1.807) is 18.2 Å². The molecule has 4 N–H and O–H groups in total. The van der Waals surface area contributed by atoms with Gasteiger partial charge in [-0.05, 0) is 33.5 Å². The normalized spacial score (nSPS) is 12.8. The molecule has 1 unspecified atom stereocenters. The Bertz CT molecular complexity index is 524. The van der Waals surface area contributed by atoms with Crippen LogP contribution in [0.15, 0.2) is 22.7 Å². The van der Waals surface area contributed by atoms with Gasteiger partial charge in [0.1, 0.15) is 0 Å². The van der Waals surface area contributed by atoms with Gasteiger partial charge in [-0.15, -0.1) is 0 Å². The maximum atomic E-state index is 11.5. The van der Waals surface area contributed by atoms with Crippen molar-refractivity contribution in [3.8, 4) is 0 Å². The second kappa shape index (κ2) is 6.26. The number of carboxylic acid groups (broad SMARTS) is 1. The zero-order chi connectivity index (χ0) is 15.5. The van der Waals surface area contributed by atoms with Crippen LogP contribution in [0.4, 0.5) is 5.69 Å². The quantitative estimate of drug-likeness (QED) is 0.766. The highest BCUT2D eigenvalue weighted by Gasteiger charge is 2.28. The predicted molar refractivity (Wildman–Crippen MR) is 81.8 cm³/mol. The van der Waals surface area contributed by atoms with Gasteiger partial charge in [0.05, 0.1) is 12.0 Å². The first-order valence-corrected chi connectivity index (χ1v) is 6.99. The second-order valence-corrected chi connectivity index (χ2v) is 6.54. The molecule has 0 aliphatic heterocycles. The average Bonchev–Trinajstić information content (AvgIpc) is 2.25. The topological polar surface area (TPSA) is 92.4 Å². The van der Waals surface area contributed by atoms with E-state index >= 15 is 0 Å². The molecule has 0 aliphatic rings. The molecule has 1 aromatic rings. The van der Waals surface area contributed by atoms with Gasteiger partial charge >= 0.3 is 5.97 Å². The van der Waals surface area contributed by atoms with E-state index in [0.29, 0.717) is 15.7 Å². The Morgan fingerprint density at radius 2 is 2.00 bits per heavy atom. The number of carboxylic acids is 1. The van der Waals surface area contributed by atoms with Crippen LogP contribution in [0.25, 0.3) is 0 Å². The molecule has 0 aliphatic carbocycles. The van der Waals surface area contributed by atoms with Crippen LogP contribution in [-0.4, -0.2) is 23.0 Å². The molecule has 1 aromatic carbocycles. The number of aliphatic carboxylic acids is 1. The minimum atomic E-state index is -0.895. The number of rotatable bonds is 5. The minimum Gasteiger partial charge on any atom is -0.481 e. The summed E-state index contributed by atoms with van der Waals surface area (Å²) >= 11 is 3.28. The van der Waals surface area contributed by atoms with E-state index in [-0.39, 0.29) is 17.9 Å². The first kappa shape index (κ1) is 16.5. The summed E-state index contributed by atoms with van der Waals surface area (Å²) in [5.41, 5.74) is 5.96. The first-order valence-electron chi connectivity index (χ1n) is 6.19. The Labute approximate surface area is 126 Å². The summed E-state index contributed by atoms with van der Waals surface area (Å²) in [6, 6.07) is 4.87. The molecule has 5 nitrogen and oxygen atoms in total. The summed E-state index contributed by atoms with van der Waals surface area (Å²) in [4.78, 5) is 22.5. The summed E-state index contributed by atoms with van der Waals surface area (Å²) in [5.74, 6) is -1.46. The molecule has 6 heteroatoms. The lowest BCUT2D eigenvalue weighted by Crippen LogP contribution is -2.36. The molecule has 1 rings (SSSR count). The Morgan fingerprint density at radius 3 is 2.45 bits per heavy atom. The SMILES string of the molecule is CC(C)(C)C(CC(=O)O)Nc1cccc(Br)c1C(N)=O. The third kappa shape index (κ3) is 4.23. The number of primary amides is 1. The zero-order valence-corrected chi connectivity index (χ0v) is 13.3. The van der Waals surface area contributed by atoms with Gasteiger partial charge in [0, 0.05) is 16.2 Å².